The molecule has 1 atom stereocenters. The summed E-state index contributed by atoms with van der Waals surface area (Å²) in [6.07, 6.45) is 4.53. The van der Waals surface area contributed by atoms with Crippen LogP contribution in [0.2, 0.25) is 5.02 Å². The van der Waals surface area contributed by atoms with Crippen molar-refractivity contribution in [2.45, 2.75) is 58.4 Å². The number of unbranched alkanes of at least 4 members (excludes halogenated alkanes) is 1. The van der Waals surface area contributed by atoms with Crippen LogP contribution in [-0.4, -0.2) is 40.0 Å². The number of aromatic nitrogens is 1. The molecule has 0 radical (unpaired) electrons. The van der Waals surface area contributed by atoms with Crippen LogP contribution in [0.4, 0.5) is 0 Å². The Bertz CT molecular complexity index is 947. The summed E-state index contributed by atoms with van der Waals surface area (Å²) in [4.78, 5) is 30.9. The first kappa shape index (κ1) is 23.1. The highest BCUT2D eigenvalue weighted by molar-refractivity contribution is 6.31. The summed E-state index contributed by atoms with van der Waals surface area (Å²) in [6, 6.07) is 8.66. The number of amides is 1. The van der Waals surface area contributed by atoms with Gasteiger partial charge in [-0.1, -0.05) is 24.9 Å². The molecule has 0 saturated carbocycles. The monoisotopic (exact) mass is 444 g/mol. The van der Waals surface area contributed by atoms with Crippen LogP contribution in [-0.2, 0) is 11.2 Å². The average Bonchev–Trinajstić information content (AvgIpc) is 3.24. The molecule has 3 rings (SSSR count). The number of aromatic carboxylic acids is 1. The molecule has 1 N–H and O–H groups in total. The minimum absolute atomic E-state index is 0.0919. The SMILES string of the molecule is CCCCC(=O)N1CCC[C@@H]1c1ccc(C(=O)O)c(CCOc2ccc(Cl)c(C)c2)n1. The van der Waals surface area contributed by atoms with E-state index in [1.54, 1.807) is 24.3 Å². The van der Waals surface area contributed by atoms with E-state index in [0.717, 1.165) is 43.5 Å². The van der Waals surface area contributed by atoms with Crippen LogP contribution in [0.25, 0.3) is 0 Å². The number of carbonyl (C=O) groups is 2. The lowest BCUT2D eigenvalue weighted by Gasteiger charge is -2.25. The lowest BCUT2D eigenvalue weighted by molar-refractivity contribution is -0.132. The second kappa shape index (κ2) is 10.6. The molecule has 1 aromatic heterocycles. The van der Waals surface area contributed by atoms with E-state index >= 15 is 0 Å². The van der Waals surface area contributed by atoms with Crippen LogP contribution < -0.4 is 4.74 Å². The van der Waals surface area contributed by atoms with Gasteiger partial charge < -0.3 is 14.7 Å². The molecule has 7 heteroatoms. The van der Waals surface area contributed by atoms with Crippen molar-refractivity contribution in [1.29, 1.82) is 0 Å². The highest BCUT2D eigenvalue weighted by atomic mass is 35.5. The Labute approximate surface area is 188 Å². The number of carboxylic acids is 1. The van der Waals surface area contributed by atoms with Crippen molar-refractivity contribution in [1.82, 2.24) is 9.88 Å². The van der Waals surface area contributed by atoms with Gasteiger partial charge in [0.25, 0.3) is 0 Å². The van der Waals surface area contributed by atoms with Gasteiger partial charge in [-0.3, -0.25) is 9.78 Å². The number of aryl methyl sites for hydroxylation is 1. The predicted octanol–water partition coefficient (Wildman–Crippen LogP) is 5.22. The Kier molecular flexibility index (Phi) is 7.91. The molecule has 0 aliphatic carbocycles. The maximum absolute atomic E-state index is 12.6. The molecule has 1 aromatic carbocycles. The van der Waals surface area contributed by atoms with E-state index in [0.29, 0.717) is 35.9 Å². The fourth-order valence-corrected chi connectivity index (χ4v) is 4.02. The lowest BCUT2D eigenvalue weighted by atomic mass is 10.1. The second-order valence-corrected chi connectivity index (χ2v) is 8.30. The van der Waals surface area contributed by atoms with E-state index in [-0.39, 0.29) is 17.5 Å². The van der Waals surface area contributed by atoms with Gasteiger partial charge in [-0.15, -0.1) is 0 Å². The van der Waals surface area contributed by atoms with Gasteiger partial charge in [0.1, 0.15) is 5.75 Å². The molecular weight excluding hydrogens is 416 g/mol. The second-order valence-electron chi connectivity index (χ2n) is 7.89. The summed E-state index contributed by atoms with van der Waals surface area (Å²) in [5.74, 6) is -0.187. The minimum Gasteiger partial charge on any atom is -0.493 e. The van der Waals surface area contributed by atoms with E-state index in [1.807, 2.05) is 17.9 Å². The quantitative estimate of drug-likeness (QED) is 0.573. The molecule has 31 heavy (non-hydrogen) atoms. The van der Waals surface area contributed by atoms with Crippen molar-refractivity contribution < 1.29 is 19.4 Å². The topological polar surface area (TPSA) is 79.7 Å². The minimum atomic E-state index is -1.02. The van der Waals surface area contributed by atoms with Crippen LogP contribution in [0, 0.1) is 6.92 Å². The normalized spacial score (nSPS) is 15.8. The Morgan fingerprint density at radius 1 is 1.29 bits per heavy atom. The van der Waals surface area contributed by atoms with Gasteiger partial charge in [0.15, 0.2) is 0 Å². The molecule has 1 amide bonds. The van der Waals surface area contributed by atoms with Crippen LogP contribution in [0.3, 0.4) is 0 Å². The number of ether oxygens (including phenoxy) is 1. The first-order valence-corrected chi connectivity index (χ1v) is 11.2. The molecule has 1 aliphatic heterocycles. The number of hydrogen-bond donors (Lipinski definition) is 1. The molecule has 0 unspecified atom stereocenters. The Morgan fingerprint density at radius 3 is 2.81 bits per heavy atom. The molecule has 0 bridgehead atoms. The van der Waals surface area contributed by atoms with Crippen molar-refractivity contribution in [2.75, 3.05) is 13.2 Å². The standard InChI is InChI=1S/C24H29ClN2O4/c1-3-4-7-23(28)27-13-5-6-22(27)21-11-9-18(24(29)30)20(26-21)12-14-31-17-8-10-19(25)16(2)15-17/h8-11,15,22H,3-7,12-14H2,1-2H3,(H,29,30)/t22-/m1/s1. The van der Waals surface area contributed by atoms with Crippen molar-refractivity contribution in [3.8, 4) is 5.75 Å². The third-order valence-electron chi connectivity index (χ3n) is 5.62. The number of halogens is 1. The summed E-state index contributed by atoms with van der Waals surface area (Å²) >= 11 is 6.05. The van der Waals surface area contributed by atoms with Crippen LogP contribution in [0.15, 0.2) is 30.3 Å². The Balaban J connectivity index is 1.74. The Hall–Kier alpha value is -2.60. The number of pyridine rings is 1. The highest BCUT2D eigenvalue weighted by Crippen LogP contribution is 2.32. The van der Waals surface area contributed by atoms with E-state index in [2.05, 4.69) is 11.9 Å². The molecule has 1 fully saturated rings. The zero-order valence-corrected chi connectivity index (χ0v) is 18.8. The zero-order valence-electron chi connectivity index (χ0n) is 18.1. The van der Waals surface area contributed by atoms with Crippen molar-refractivity contribution >= 4 is 23.5 Å². The van der Waals surface area contributed by atoms with Gasteiger partial charge in [-0.05, 0) is 62.1 Å². The number of nitrogens with zero attached hydrogens (tertiary/aromatic N) is 2. The van der Waals surface area contributed by atoms with Gasteiger partial charge >= 0.3 is 5.97 Å². The maximum atomic E-state index is 12.6. The largest absolute Gasteiger partial charge is 0.493 e. The van der Waals surface area contributed by atoms with E-state index in [9.17, 15) is 14.7 Å². The predicted molar refractivity (Wildman–Crippen MR) is 120 cm³/mol. The van der Waals surface area contributed by atoms with Crippen molar-refractivity contribution in [3.05, 3.63) is 57.9 Å². The van der Waals surface area contributed by atoms with Gasteiger partial charge in [0.2, 0.25) is 5.91 Å². The third-order valence-corrected chi connectivity index (χ3v) is 6.05. The molecule has 166 valence electrons. The zero-order chi connectivity index (χ0) is 22.4. The van der Waals surface area contributed by atoms with Crippen molar-refractivity contribution in [2.24, 2.45) is 0 Å². The summed E-state index contributed by atoms with van der Waals surface area (Å²) < 4.78 is 5.79. The molecule has 2 heterocycles. The first-order valence-electron chi connectivity index (χ1n) is 10.8. The van der Waals surface area contributed by atoms with Crippen LogP contribution in [0.1, 0.15) is 72.4 Å². The number of likely N-dealkylation sites (tertiary alicyclic amines) is 1. The molecular formula is C24H29ClN2O4. The summed E-state index contributed by atoms with van der Waals surface area (Å²) in [6.45, 7) is 4.99. The van der Waals surface area contributed by atoms with E-state index in [1.165, 1.54) is 0 Å². The fraction of sp³-hybridized carbons (Fsp3) is 0.458. The summed E-state index contributed by atoms with van der Waals surface area (Å²) in [5.41, 5.74) is 2.31. The van der Waals surface area contributed by atoms with E-state index in [4.69, 9.17) is 16.3 Å². The smallest absolute Gasteiger partial charge is 0.337 e. The van der Waals surface area contributed by atoms with Gasteiger partial charge in [-0.2, -0.15) is 0 Å². The molecule has 2 aromatic rings. The molecule has 1 saturated heterocycles. The number of rotatable bonds is 9. The first-order chi connectivity index (χ1) is 14.9. The number of carboxylic acid groups (broad SMARTS) is 1. The maximum Gasteiger partial charge on any atom is 0.337 e. The van der Waals surface area contributed by atoms with Gasteiger partial charge in [0, 0.05) is 24.4 Å². The molecule has 1 aliphatic rings. The van der Waals surface area contributed by atoms with E-state index < -0.39 is 5.97 Å². The van der Waals surface area contributed by atoms with Crippen LogP contribution in [0.5, 0.6) is 5.75 Å². The van der Waals surface area contributed by atoms with Crippen molar-refractivity contribution in [3.63, 3.8) is 0 Å². The number of benzene rings is 1. The number of carbonyl (C=O) groups excluding carboxylic acids is 1. The fourth-order valence-electron chi connectivity index (χ4n) is 3.91. The lowest BCUT2D eigenvalue weighted by Crippen LogP contribution is -2.31. The summed E-state index contributed by atoms with van der Waals surface area (Å²) in [7, 11) is 0. The molecule has 6 nitrogen and oxygen atoms in total. The third kappa shape index (κ3) is 5.76. The number of hydrogen-bond acceptors (Lipinski definition) is 4. The van der Waals surface area contributed by atoms with Crippen LogP contribution >= 0.6 is 11.6 Å². The summed E-state index contributed by atoms with van der Waals surface area (Å²) in [5, 5.41) is 10.3. The van der Waals surface area contributed by atoms with Gasteiger partial charge in [0.05, 0.1) is 29.6 Å². The molecule has 0 spiro atoms. The highest BCUT2D eigenvalue weighted by Gasteiger charge is 2.31. The Morgan fingerprint density at radius 2 is 2.10 bits per heavy atom. The average molecular weight is 445 g/mol. The van der Waals surface area contributed by atoms with Gasteiger partial charge in [-0.25, -0.2) is 4.79 Å².